The fourth-order valence-corrected chi connectivity index (χ4v) is 1.99. The zero-order chi connectivity index (χ0) is 15.4. The van der Waals surface area contributed by atoms with Crippen LogP contribution >= 0.6 is 0 Å². The second kappa shape index (κ2) is 6.17. The zero-order valence-electron chi connectivity index (χ0n) is 11.8. The van der Waals surface area contributed by atoms with E-state index < -0.39 is 0 Å². The molecule has 2 aromatic rings. The number of aromatic hydroxyl groups is 2. The van der Waals surface area contributed by atoms with Crippen LogP contribution in [-0.4, -0.2) is 30.2 Å². The second-order valence-corrected chi connectivity index (χ2v) is 4.49. The molecule has 2 rings (SSSR count). The van der Waals surface area contributed by atoms with E-state index in [0.717, 1.165) is 5.56 Å². The maximum atomic E-state index is 12.3. The molecule has 5 nitrogen and oxygen atoms in total. The molecule has 0 aliphatic carbocycles. The number of Topliss-reactive ketones (excluding diaryl/α,β-unsaturated/α-hetero) is 1. The number of ether oxygens (including phenoxy) is 2. The highest BCUT2D eigenvalue weighted by Gasteiger charge is 2.16. The zero-order valence-corrected chi connectivity index (χ0v) is 11.8. The predicted molar refractivity (Wildman–Crippen MR) is 77.4 cm³/mol. The van der Waals surface area contributed by atoms with E-state index in [1.807, 2.05) is 0 Å². The van der Waals surface area contributed by atoms with Crippen molar-refractivity contribution in [3.8, 4) is 23.0 Å². The van der Waals surface area contributed by atoms with Gasteiger partial charge in [-0.25, -0.2) is 0 Å². The molecule has 0 amide bonds. The Balaban J connectivity index is 2.28. The number of phenols is 2. The number of hydrogen-bond donors (Lipinski definition) is 2. The van der Waals surface area contributed by atoms with Gasteiger partial charge in [0.25, 0.3) is 0 Å². The normalized spacial score (nSPS) is 10.2. The van der Waals surface area contributed by atoms with Crippen molar-refractivity contribution in [1.82, 2.24) is 0 Å². The molecule has 0 aliphatic heterocycles. The van der Waals surface area contributed by atoms with Gasteiger partial charge in [-0.15, -0.1) is 0 Å². The number of ketones is 1. The Bertz CT molecular complexity index is 646. The fraction of sp³-hybridized carbons (Fsp3) is 0.188. The van der Waals surface area contributed by atoms with Crippen LogP contribution in [0, 0.1) is 0 Å². The summed E-state index contributed by atoms with van der Waals surface area (Å²) in [6.07, 6.45) is 0.114. The minimum Gasteiger partial charge on any atom is -0.508 e. The number of benzene rings is 2. The highest BCUT2D eigenvalue weighted by Crippen LogP contribution is 2.34. The molecule has 0 bridgehead atoms. The first-order valence-electron chi connectivity index (χ1n) is 6.31. The molecule has 0 atom stereocenters. The van der Waals surface area contributed by atoms with Crippen molar-refractivity contribution in [2.45, 2.75) is 6.42 Å². The molecule has 2 aromatic carbocycles. The van der Waals surface area contributed by atoms with E-state index >= 15 is 0 Å². The summed E-state index contributed by atoms with van der Waals surface area (Å²) < 4.78 is 10.2. The molecule has 0 heterocycles. The molecule has 0 aliphatic rings. The van der Waals surface area contributed by atoms with Crippen molar-refractivity contribution >= 4 is 5.78 Å². The lowest BCUT2D eigenvalue weighted by Crippen LogP contribution is -2.05. The summed E-state index contributed by atoms with van der Waals surface area (Å²) in [6.45, 7) is 0. The summed E-state index contributed by atoms with van der Waals surface area (Å²) in [7, 11) is 2.92. The van der Waals surface area contributed by atoms with Crippen molar-refractivity contribution in [2.75, 3.05) is 14.2 Å². The number of hydrogen-bond acceptors (Lipinski definition) is 5. The van der Waals surface area contributed by atoms with Crippen molar-refractivity contribution < 1.29 is 24.5 Å². The molecule has 0 fully saturated rings. The molecule has 0 saturated carbocycles. The van der Waals surface area contributed by atoms with E-state index in [1.165, 1.54) is 38.5 Å². The lowest BCUT2D eigenvalue weighted by atomic mass is 10.0. The molecular formula is C16H16O5. The number of methoxy groups -OCH3 is 2. The smallest absolute Gasteiger partial charge is 0.171 e. The summed E-state index contributed by atoms with van der Waals surface area (Å²) in [5.74, 6) is 0.469. The summed E-state index contributed by atoms with van der Waals surface area (Å²) in [5, 5.41) is 19.2. The molecule has 110 valence electrons. The van der Waals surface area contributed by atoms with E-state index in [0.29, 0.717) is 11.5 Å². The van der Waals surface area contributed by atoms with E-state index in [4.69, 9.17) is 9.47 Å². The molecule has 0 spiro atoms. The van der Waals surface area contributed by atoms with Crippen LogP contribution in [0.2, 0.25) is 0 Å². The van der Waals surface area contributed by atoms with Crippen LogP contribution in [0.1, 0.15) is 15.9 Å². The summed E-state index contributed by atoms with van der Waals surface area (Å²) in [5.41, 5.74) is 0.910. The standard InChI is InChI=1S/C16H16O5/c1-20-15-8-12(14(19)9-16(15)21-2)13(18)7-10-3-5-11(17)6-4-10/h3-6,8-9,17,19H,7H2,1-2H3. The molecule has 0 radical (unpaired) electrons. The lowest BCUT2D eigenvalue weighted by molar-refractivity contribution is 0.0990. The highest BCUT2D eigenvalue weighted by atomic mass is 16.5. The van der Waals surface area contributed by atoms with E-state index in [9.17, 15) is 15.0 Å². The van der Waals surface area contributed by atoms with Crippen LogP contribution in [-0.2, 0) is 6.42 Å². The van der Waals surface area contributed by atoms with Gasteiger partial charge in [0, 0.05) is 12.5 Å². The monoisotopic (exact) mass is 288 g/mol. The average Bonchev–Trinajstić information content (AvgIpc) is 2.49. The highest BCUT2D eigenvalue weighted by molar-refractivity contribution is 6.00. The lowest BCUT2D eigenvalue weighted by Gasteiger charge is -2.11. The minimum absolute atomic E-state index is 0.114. The van der Waals surface area contributed by atoms with Gasteiger partial charge in [0.2, 0.25) is 0 Å². The third-order valence-corrected chi connectivity index (χ3v) is 3.10. The molecular weight excluding hydrogens is 272 g/mol. The molecule has 21 heavy (non-hydrogen) atoms. The largest absolute Gasteiger partial charge is 0.508 e. The van der Waals surface area contributed by atoms with Gasteiger partial charge in [0.1, 0.15) is 11.5 Å². The van der Waals surface area contributed by atoms with Crippen molar-refractivity contribution in [1.29, 1.82) is 0 Å². The number of rotatable bonds is 5. The van der Waals surface area contributed by atoms with Crippen molar-refractivity contribution in [3.63, 3.8) is 0 Å². The average molecular weight is 288 g/mol. The Morgan fingerprint density at radius 1 is 1.00 bits per heavy atom. The fourth-order valence-electron chi connectivity index (χ4n) is 1.99. The van der Waals surface area contributed by atoms with Gasteiger partial charge in [0.05, 0.1) is 19.8 Å². The first-order chi connectivity index (χ1) is 10.0. The summed E-state index contributed by atoms with van der Waals surface area (Å²) in [6, 6.07) is 9.14. The Morgan fingerprint density at radius 3 is 2.14 bits per heavy atom. The molecule has 5 heteroatoms. The second-order valence-electron chi connectivity index (χ2n) is 4.49. The number of phenolic OH excluding ortho intramolecular Hbond substituents is 2. The van der Waals surface area contributed by atoms with Gasteiger partial charge in [-0.1, -0.05) is 12.1 Å². The molecule has 0 aromatic heterocycles. The van der Waals surface area contributed by atoms with Gasteiger partial charge in [0.15, 0.2) is 17.3 Å². The number of carbonyl (C=O) groups excluding carboxylic acids is 1. The van der Waals surface area contributed by atoms with Crippen molar-refractivity contribution in [3.05, 3.63) is 47.5 Å². The maximum absolute atomic E-state index is 12.3. The Morgan fingerprint density at radius 2 is 1.57 bits per heavy atom. The van der Waals surface area contributed by atoms with E-state index in [1.54, 1.807) is 12.1 Å². The van der Waals surface area contributed by atoms with Crippen LogP contribution < -0.4 is 9.47 Å². The van der Waals surface area contributed by atoms with E-state index in [-0.39, 0.29) is 29.3 Å². The van der Waals surface area contributed by atoms with Crippen LogP contribution in [0.25, 0.3) is 0 Å². The van der Waals surface area contributed by atoms with Crippen LogP contribution in [0.5, 0.6) is 23.0 Å². The third-order valence-electron chi connectivity index (χ3n) is 3.10. The Hall–Kier alpha value is -2.69. The minimum atomic E-state index is -0.251. The van der Waals surface area contributed by atoms with Gasteiger partial charge in [-0.3, -0.25) is 4.79 Å². The van der Waals surface area contributed by atoms with Gasteiger partial charge in [-0.2, -0.15) is 0 Å². The SMILES string of the molecule is COc1cc(O)c(C(=O)Cc2ccc(O)cc2)cc1OC. The topological polar surface area (TPSA) is 76.0 Å². The predicted octanol–water partition coefficient (Wildman–Crippen LogP) is 2.54. The maximum Gasteiger partial charge on any atom is 0.171 e. The van der Waals surface area contributed by atoms with Crippen LogP contribution in [0.15, 0.2) is 36.4 Å². The number of carbonyl (C=O) groups is 1. The Kier molecular flexibility index (Phi) is 4.33. The third kappa shape index (κ3) is 3.25. The molecule has 0 unspecified atom stereocenters. The van der Waals surface area contributed by atoms with Crippen LogP contribution in [0.3, 0.4) is 0 Å². The van der Waals surface area contributed by atoms with Gasteiger partial charge < -0.3 is 19.7 Å². The Labute approximate surface area is 122 Å². The molecule has 2 N–H and O–H groups in total. The van der Waals surface area contributed by atoms with Gasteiger partial charge >= 0.3 is 0 Å². The van der Waals surface area contributed by atoms with Gasteiger partial charge in [-0.05, 0) is 23.8 Å². The summed E-state index contributed by atoms with van der Waals surface area (Å²) in [4.78, 5) is 12.3. The first kappa shape index (κ1) is 14.7. The molecule has 0 saturated heterocycles. The quantitative estimate of drug-likeness (QED) is 0.827. The van der Waals surface area contributed by atoms with E-state index in [2.05, 4.69) is 0 Å². The summed E-state index contributed by atoms with van der Waals surface area (Å²) >= 11 is 0. The van der Waals surface area contributed by atoms with Crippen LogP contribution in [0.4, 0.5) is 0 Å². The first-order valence-corrected chi connectivity index (χ1v) is 6.31. The van der Waals surface area contributed by atoms with Crippen molar-refractivity contribution in [2.24, 2.45) is 0 Å².